The Morgan fingerprint density at radius 2 is 2.05 bits per heavy atom. The van der Waals surface area contributed by atoms with Crippen LogP contribution in [0.25, 0.3) is 0 Å². The third kappa shape index (κ3) is 3.60. The second-order valence-corrected chi connectivity index (χ2v) is 5.66. The molecule has 1 aliphatic carbocycles. The largest absolute Gasteiger partial charge is 0.494 e. The molecule has 0 aliphatic heterocycles. The minimum absolute atomic E-state index is 0.0591. The van der Waals surface area contributed by atoms with E-state index in [1.807, 2.05) is 25.1 Å². The number of benzene rings is 1. The molecule has 0 heterocycles. The molecule has 0 fully saturated rings. The van der Waals surface area contributed by atoms with Crippen molar-refractivity contribution < 1.29 is 14.3 Å². The first kappa shape index (κ1) is 15.5. The van der Waals surface area contributed by atoms with Gasteiger partial charge in [-0.3, -0.25) is 9.59 Å². The van der Waals surface area contributed by atoms with Crippen molar-refractivity contribution in [1.29, 1.82) is 0 Å². The molecule has 0 saturated heterocycles. The van der Waals surface area contributed by atoms with Crippen LogP contribution in [-0.2, 0) is 11.2 Å². The van der Waals surface area contributed by atoms with Gasteiger partial charge in [0, 0.05) is 24.0 Å². The first-order valence-electron chi connectivity index (χ1n) is 7.51. The van der Waals surface area contributed by atoms with E-state index < -0.39 is 0 Å². The Morgan fingerprint density at radius 3 is 2.71 bits per heavy atom. The van der Waals surface area contributed by atoms with Gasteiger partial charge in [0.1, 0.15) is 11.5 Å². The van der Waals surface area contributed by atoms with Gasteiger partial charge in [0.2, 0.25) is 0 Å². The van der Waals surface area contributed by atoms with E-state index in [9.17, 15) is 9.59 Å². The van der Waals surface area contributed by atoms with Crippen LogP contribution in [0.2, 0.25) is 0 Å². The number of ether oxygens (including phenoxy) is 1. The molecule has 21 heavy (non-hydrogen) atoms. The highest BCUT2D eigenvalue weighted by Gasteiger charge is 2.26. The van der Waals surface area contributed by atoms with Crippen LogP contribution in [0, 0.1) is 0 Å². The molecule has 0 atom stereocenters. The zero-order valence-corrected chi connectivity index (χ0v) is 13.0. The van der Waals surface area contributed by atoms with Gasteiger partial charge in [-0.2, -0.15) is 0 Å². The van der Waals surface area contributed by atoms with Crippen LogP contribution in [0.5, 0.6) is 5.75 Å². The Labute approximate surface area is 126 Å². The number of fused-ring (bicyclic) bond motifs is 1. The lowest BCUT2D eigenvalue weighted by Crippen LogP contribution is -2.01. The van der Waals surface area contributed by atoms with Crippen molar-refractivity contribution in [1.82, 2.24) is 0 Å². The molecule has 0 amide bonds. The fourth-order valence-corrected chi connectivity index (χ4v) is 2.62. The van der Waals surface area contributed by atoms with Crippen molar-refractivity contribution in [3.63, 3.8) is 0 Å². The highest BCUT2D eigenvalue weighted by molar-refractivity contribution is 6.13. The number of ketones is 2. The van der Waals surface area contributed by atoms with E-state index in [2.05, 4.69) is 6.92 Å². The van der Waals surface area contributed by atoms with Gasteiger partial charge >= 0.3 is 0 Å². The fraction of sp³-hybridized carbons (Fsp3) is 0.444. The molecule has 2 rings (SSSR count). The smallest absolute Gasteiger partial charge is 0.189 e. The second kappa shape index (κ2) is 6.70. The molecule has 0 spiro atoms. The maximum Gasteiger partial charge on any atom is 0.189 e. The normalized spacial score (nSPS) is 15.9. The summed E-state index contributed by atoms with van der Waals surface area (Å²) in [6.07, 6.45) is 3.09. The molecule has 3 nitrogen and oxygen atoms in total. The molecular weight excluding hydrogens is 264 g/mol. The molecule has 1 aliphatic rings. The van der Waals surface area contributed by atoms with E-state index in [-0.39, 0.29) is 11.6 Å². The van der Waals surface area contributed by atoms with Crippen LogP contribution in [0.4, 0.5) is 0 Å². The lowest BCUT2D eigenvalue weighted by Gasteiger charge is -2.06. The van der Waals surface area contributed by atoms with Crippen LogP contribution in [0.1, 0.15) is 56.0 Å². The van der Waals surface area contributed by atoms with Crippen molar-refractivity contribution in [2.75, 3.05) is 6.61 Å². The highest BCUT2D eigenvalue weighted by Crippen LogP contribution is 2.32. The average molecular weight is 286 g/mol. The van der Waals surface area contributed by atoms with Crippen LogP contribution in [-0.4, -0.2) is 18.2 Å². The number of allylic oxidation sites excluding steroid dienone is 2. The molecule has 0 unspecified atom stereocenters. The summed E-state index contributed by atoms with van der Waals surface area (Å²) in [6, 6.07) is 5.65. The summed E-state index contributed by atoms with van der Waals surface area (Å²) in [5.74, 6) is 0.969. The molecular formula is C18H22O3. The van der Waals surface area contributed by atoms with Gasteiger partial charge in [-0.25, -0.2) is 0 Å². The summed E-state index contributed by atoms with van der Waals surface area (Å²) in [5.41, 5.74) is 3.41. The highest BCUT2D eigenvalue weighted by atomic mass is 16.5. The molecule has 0 saturated carbocycles. The van der Waals surface area contributed by atoms with Gasteiger partial charge in [0.05, 0.1) is 6.61 Å². The van der Waals surface area contributed by atoms with Crippen molar-refractivity contribution >= 4 is 11.6 Å². The molecule has 0 N–H and O–H groups in total. The van der Waals surface area contributed by atoms with Crippen molar-refractivity contribution in [2.45, 2.75) is 46.5 Å². The summed E-state index contributed by atoms with van der Waals surface area (Å²) in [7, 11) is 0. The van der Waals surface area contributed by atoms with Crippen LogP contribution in [0.15, 0.2) is 29.3 Å². The minimum Gasteiger partial charge on any atom is -0.494 e. The topological polar surface area (TPSA) is 43.4 Å². The molecule has 3 heteroatoms. The maximum absolute atomic E-state index is 12.4. The Bertz CT molecular complexity index is 596. The monoisotopic (exact) mass is 286 g/mol. The maximum atomic E-state index is 12.4. The molecule has 0 radical (unpaired) electrons. The predicted octanol–water partition coefficient (Wildman–Crippen LogP) is 3.90. The zero-order valence-electron chi connectivity index (χ0n) is 13.0. The SMILES string of the molecule is CCCCOc1ccc2c(c1)CC(=C(C)CC(C)=O)C2=O. The first-order valence-corrected chi connectivity index (χ1v) is 7.51. The molecule has 1 aromatic rings. The lowest BCUT2D eigenvalue weighted by atomic mass is 10.0. The summed E-state index contributed by atoms with van der Waals surface area (Å²) in [5, 5.41) is 0. The van der Waals surface area contributed by atoms with Crippen LogP contribution >= 0.6 is 0 Å². The number of carbonyl (C=O) groups excluding carboxylic acids is 2. The van der Waals surface area contributed by atoms with Crippen LogP contribution in [0.3, 0.4) is 0 Å². The van der Waals surface area contributed by atoms with Gasteiger partial charge < -0.3 is 4.74 Å². The zero-order chi connectivity index (χ0) is 15.4. The fourth-order valence-electron chi connectivity index (χ4n) is 2.62. The predicted molar refractivity (Wildman–Crippen MR) is 82.9 cm³/mol. The Hall–Kier alpha value is -1.90. The number of unbranched alkanes of at least 4 members (excludes halogenated alkanes) is 1. The minimum atomic E-state index is 0.0591. The summed E-state index contributed by atoms with van der Waals surface area (Å²) in [6.45, 7) is 6.25. The molecule has 1 aromatic carbocycles. The Morgan fingerprint density at radius 1 is 1.29 bits per heavy atom. The number of Topliss-reactive ketones (excluding diaryl/α,β-unsaturated/α-hetero) is 2. The van der Waals surface area contributed by atoms with Gasteiger partial charge in [-0.1, -0.05) is 18.9 Å². The Balaban J connectivity index is 2.19. The van der Waals surface area contributed by atoms with E-state index in [1.54, 1.807) is 6.92 Å². The standard InChI is InChI=1S/C18H22O3/c1-4-5-8-21-15-6-7-16-14(10-15)11-17(18(16)20)12(2)9-13(3)19/h6-7,10H,4-5,8-9,11H2,1-3H3. The summed E-state index contributed by atoms with van der Waals surface area (Å²) >= 11 is 0. The summed E-state index contributed by atoms with van der Waals surface area (Å²) < 4.78 is 5.69. The van der Waals surface area contributed by atoms with Gasteiger partial charge in [-0.15, -0.1) is 0 Å². The van der Waals surface area contributed by atoms with E-state index in [0.29, 0.717) is 19.4 Å². The second-order valence-electron chi connectivity index (χ2n) is 5.66. The van der Waals surface area contributed by atoms with Gasteiger partial charge in [0.25, 0.3) is 0 Å². The summed E-state index contributed by atoms with van der Waals surface area (Å²) in [4.78, 5) is 23.6. The van der Waals surface area contributed by atoms with Gasteiger partial charge in [-0.05, 0) is 44.0 Å². The third-order valence-corrected chi connectivity index (χ3v) is 3.76. The van der Waals surface area contributed by atoms with E-state index >= 15 is 0 Å². The average Bonchev–Trinajstić information content (AvgIpc) is 2.75. The van der Waals surface area contributed by atoms with Crippen molar-refractivity contribution in [2.24, 2.45) is 0 Å². The number of carbonyl (C=O) groups is 2. The van der Waals surface area contributed by atoms with E-state index in [0.717, 1.165) is 40.9 Å². The van der Waals surface area contributed by atoms with E-state index in [4.69, 9.17) is 4.74 Å². The number of hydrogen-bond donors (Lipinski definition) is 0. The van der Waals surface area contributed by atoms with Crippen molar-refractivity contribution in [3.05, 3.63) is 40.5 Å². The molecule has 0 aromatic heterocycles. The third-order valence-electron chi connectivity index (χ3n) is 3.76. The first-order chi connectivity index (χ1) is 10.0. The molecule has 112 valence electrons. The Kier molecular flexibility index (Phi) is 4.94. The van der Waals surface area contributed by atoms with Gasteiger partial charge in [0.15, 0.2) is 5.78 Å². The molecule has 0 bridgehead atoms. The lowest BCUT2D eigenvalue weighted by molar-refractivity contribution is -0.116. The quantitative estimate of drug-likeness (QED) is 0.588. The van der Waals surface area contributed by atoms with Crippen molar-refractivity contribution in [3.8, 4) is 5.75 Å². The number of rotatable bonds is 6. The van der Waals surface area contributed by atoms with Crippen LogP contribution < -0.4 is 4.74 Å². The van der Waals surface area contributed by atoms with E-state index in [1.165, 1.54) is 0 Å². The number of hydrogen-bond acceptors (Lipinski definition) is 3.